The molecule has 0 amide bonds. The van der Waals surface area contributed by atoms with E-state index in [1.54, 1.807) is 0 Å². The lowest BCUT2D eigenvalue weighted by molar-refractivity contribution is 1.15. The van der Waals surface area contributed by atoms with Crippen LogP contribution in [-0.2, 0) is 0 Å². The number of hydrogen-bond acceptors (Lipinski definition) is 2. The molecule has 0 atom stereocenters. The molecule has 3 heteroatoms. The molecule has 0 aromatic heterocycles. The molecule has 3 aliphatic heterocycles. The average molecular weight is 575 g/mol. The second kappa shape index (κ2) is 10.1. The SMILES string of the molecule is Cc1ccccc1/C=C\C=[N+]1c2cc(C3=NC=C3)ccc2-c2ccc3cc(-c4ccc(C5=CN=C5)c5ccccc45)ccc3c21. The smallest absolute Gasteiger partial charge is 0.227 e. The van der Waals surface area contributed by atoms with Crippen LogP contribution in [0.1, 0.15) is 22.3 Å². The fourth-order valence-corrected chi connectivity index (χ4v) is 6.77. The standard InChI is InChI=1S/C42H28N3/c1-27-7-2-3-8-28(27)9-6-22-45-41-24-31(40-20-21-44-40)14-16-38(41)39-17-13-30-23-29(12-15-35(30)42(39)45)33-18-19-34(32-25-43-26-32)37-11-5-4-10-36(33)37/h2-26H,1H3/q+1/b9-6-,45-22?. The number of aryl methyl sites for hydroxylation is 1. The summed E-state index contributed by atoms with van der Waals surface area (Å²) in [5.41, 5.74) is 14.4. The van der Waals surface area contributed by atoms with Crippen molar-refractivity contribution in [2.45, 2.75) is 6.92 Å². The Hall–Kier alpha value is -5.93. The molecule has 0 spiro atoms. The highest BCUT2D eigenvalue weighted by Gasteiger charge is 2.34. The highest BCUT2D eigenvalue weighted by molar-refractivity contribution is 6.20. The van der Waals surface area contributed by atoms with Crippen LogP contribution in [0.25, 0.3) is 55.4 Å². The summed E-state index contributed by atoms with van der Waals surface area (Å²) in [7, 11) is 0. The fraction of sp³-hybridized carbons (Fsp3) is 0.0238. The van der Waals surface area contributed by atoms with Gasteiger partial charge in [-0.3, -0.25) is 9.98 Å². The van der Waals surface area contributed by atoms with Crippen molar-refractivity contribution in [3.63, 3.8) is 0 Å². The van der Waals surface area contributed by atoms with Gasteiger partial charge in [0.2, 0.25) is 11.4 Å². The second-order valence-electron chi connectivity index (χ2n) is 11.8. The van der Waals surface area contributed by atoms with E-state index in [1.807, 2.05) is 18.6 Å². The minimum atomic E-state index is 1.03. The number of fused-ring (bicyclic) bond motifs is 6. The highest BCUT2D eigenvalue weighted by atomic mass is 15.0. The van der Waals surface area contributed by atoms with Crippen LogP contribution in [0.15, 0.2) is 144 Å². The molecule has 3 heterocycles. The number of allylic oxidation sites excluding steroid dienone is 3. The van der Waals surface area contributed by atoms with Gasteiger partial charge in [0.1, 0.15) is 0 Å². The molecule has 6 aromatic carbocycles. The third-order valence-electron chi connectivity index (χ3n) is 9.19. The highest BCUT2D eigenvalue weighted by Crippen LogP contribution is 2.49. The van der Waals surface area contributed by atoms with E-state index < -0.39 is 0 Å². The molecule has 6 aromatic rings. The van der Waals surface area contributed by atoms with Gasteiger partial charge < -0.3 is 0 Å². The first kappa shape index (κ1) is 25.6. The van der Waals surface area contributed by atoms with E-state index in [1.165, 1.54) is 77.4 Å². The van der Waals surface area contributed by atoms with Crippen molar-refractivity contribution in [2.24, 2.45) is 9.98 Å². The summed E-state index contributed by atoms with van der Waals surface area (Å²) in [6.07, 6.45) is 14.4. The third-order valence-corrected chi connectivity index (χ3v) is 9.19. The van der Waals surface area contributed by atoms with Crippen molar-refractivity contribution in [3.05, 3.63) is 156 Å². The van der Waals surface area contributed by atoms with Gasteiger partial charge in [0, 0.05) is 41.9 Å². The van der Waals surface area contributed by atoms with Crippen LogP contribution in [0.5, 0.6) is 0 Å². The largest absolute Gasteiger partial charge is 0.263 e. The van der Waals surface area contributed by atoms with E-state index in [0.29, 0.717) is 0 Å². The van der Waals surface area contributed by atoms with Crippen LogP contribution in [-0.4, -0.2) is 18.1 Å². The number of hydrogen-bond donors (Lipinski definition) is 0. The maximum Gasteiger partial charge on any atom is 0.227 e. The summed E-state index contributed by atoms with van der Waals surface area (Å²) in [5.74, 6) is 0. The molecule has 0 aliphatic carbocycles. The molecule has 45 heavy (non-hydrogen) atoms. The maximum atomic E-state index is 4.47. The maximum absolute atomic E-state index is 4.47. The molecule has 0 N–H and O–H groups in total. The molecule has 9 rings (SSSR count). The minimum absolute atomic E-state index is 1.03. The molecular formula is C42H28N3+. The lowest BCUT2D eigenvalue weighted by Crippen LogP contribution is -2.05. The van der Waals surface area contributed by atoms with Gasteiger partial charge in [0.15, 0.2) is 6.21 Å². The van der Waals surface area contributed by atoms with Gasteiger partial charge in [0.05, 0.1) is 22.2 Å². The minimum Gasteiger partial charge on any atom is -0.263 e. The number of nitrogens with zero attached hydrogens (tertiary/aromatic N) is 3. The van der Waals surface area contributed by atoms with Gasteiger partial charge in [-0.1, -0.05) is 78.9 Å². The van der Waals surface area contributed by atoms with Crippen molar-refractivity contribution >= 4 is 62.7 Å². The second-order valence-corrected chi connectivity index (χ2v) is 11.8. The zero-order chi connectivity index (χ0) is 29.9. The van der Waals surface area contributed by atoms with E-state index in [4.69, 9.17) is 0 Å². The molecule has 0 saturated heterocycles. The Bertz CT molecular complexity index is 2430. The Morgan fingerprint density at radius 2 is 1.40 bits per heavy atom. The van der Waals surface area contributed by atoms with E-state index in [-0.39, 0.29) is 0 Å². The van der Waals surface area contributed by atoms with Crippen LogP contribution in [0, 0.1) is 6.92 Å². The monoisotopic (exact) mass is 574 g/mol. The summed E-state index contributed by atoms with van der Waals surface area (Å²) < 4.78 is 2.35. The molecule has 3 aliphatic rings. The van der Waals surface area contributed by atoms with Gasteiger partial charge >= 0.3 is 0 Å². The first-order valence-corrected chi connectivity index (χ1v) is 15.3. The topological polar surface area (TPSA) is 27.7 Å². The summed E-state index contributed by atoms with van der Waals surface area (Å²) in [6.45, 7) is 2.15. The van der Waals surface area contributed by atoms with E-state index in [2.05, 4.69) is 155 Å². The van der Waals surface area contributed by atoms with Gasteiger partial charge in [-0.2, -0.15) is 4.58 Å². The van der Waals surface area contributed by atoms with Crippen LogP contribution < -0.4 is 4.58 Å². The Kier molecular flexibility index (Phi) is 5.72. The zero-order valence-corrected chi connectivity index (χ0v) is 24.8. The molecule has 0 fully saturated rings. The Labute approximate surface area is 261 Å². The molecule has 0 saturated carbocycles. The first-order valence-electron chi connectivity index (χ1n) is 15.3. The van der Waals surface area contributed by atoms with Gasteiger partial charge in [-0.25, -0.2) is 0 Å². The Morgan fingerprint density at radius 3 is 2.18 bits per heavy atom. The Morgan fingerprint density at radius 1 is 0.667 bits per heavy atom. The van der Waals surface area contributed by atoms with Crippen molar-refractivity contribution in [1.82, 2.24) is 4.58 Å². The van der Waals surface area contributed by atoms with Crippen LogP contribution in [0.3, 0.4) is 0 Å². The Balaban J connectivity index is 1.20. The summed E-state index contributed by atoms with van der Waals surface area (Å²) >= 11 is 0. The predicted molar refractivity (Wildman–Crippen MR) is 192 cm³/mol. The van der Waals surface area contributed by atoms with Crippen molar-refractivity contribution < 1.29 is 0 Å². The van der Waals surface area contributed by atoms with Crippen molar-refractivity contribution in [2.75, 3.05) is 0 Å². The average Bonchev–Trinajstić information content (AvgIpc) is 3.33. The van der Waals surface area contributed by atoms with E-state index >= 15 is 0 Å². The molecular weight excluding hydrogens is 546 g/mol. The molecule has 0 unspecified atom stereocenters. The van der Waals surface area contributed by atoms with Crippen LogP contribution >= 0.6 is 0 Å². The first-order chi connectivity index (χ1) is 22.2. The summed E-state index contributed by atoms with van der Waals surface area (Å²) in [5, 5.41) is 4.95. The van der Waals surface area contributed by atoms with Crippen LogP contribution in [0.2, 0.25) is 0 Å². The van der Waals surface area contributed by atoms with Gasteiger partial charge in [0.25, 0.3) is 0 Å². The van der Waals surface area contributed by atoms with Crippen LogP contribution in [0.4, 0.5) is 11.4 Å². The van der Waals surface area contributed by atoms with Gasteiger partial charge in [-0.15, -0.1) is 0 Å². The molecule has 210 valence electrons. The third kappa shape index (κ3) is 4.09. The molecule has 0 bridgehead atoms. The molecule has 0 radical (unpaired) electrons. The number of aliphatic imine (C=N–C) groups is 2. The van der Waals surface area contributed by atoms with E-state index in [9.17, 15) is 0 Å². The number of rotatable bonds is 5. The summed E-state index contributed by atoms with van der Waals surface area (Å²) in [6, 6.07) is 39.8. The number of benzene rings is 6. The zero-order valence-electron chi connectivity index (χ0n) is 24.8. The van der Waals surface area contributed by atoms with Gasteiger partial charge in [-0.05, 0) is 87.3 Å². The molecule has 3 nitrogen and oxygen atoms in total. The predicted octanol–water partition coefficient (Wildman–Crippen LogP) is 10.3. The quantitative estimate of drug-likeness (QED) is 0.183. The lowest BCUT2D eigenvalue weighted by atomic mass is 9.90. The normalized spacial score (nSPS) is 15.3. The fourth-order valence-electron chi connectivity index (χ4n) is 6.77. The van der Waals surface area contributed by atoms with E-state index in [0.717, 1.165) is 11.3 Å². The van der Waals surface area contributed by atoms with Crippen molar-refractivity contribution in [1.29, 1.82) is 0 Å². The lowest BCUT2D eigenvalue weighted by Gasteiger charge is -2.14. The van der Waals surface area contributed by atoms with Crippen molar-refractivity contribution in [3.8, 4) is 22.3 Å². The summed E-state index contributed by atoms with van der Waals surface area (Å²) in [4.78, 5) is 8.66.